The number of hydrogen-bond donors (Lipinski definition) is 1. The molecule has 1 rings (SSSR count). The number of methoxy groups -OCH3 is 1. The number of nitrogens with one attached hydrogen (secondary N) is 1. The van der Waals surface area contributed by atoms with Gasteiger partial charge in [0, 0.05) is 18.5 Å². The molecular formula is C8H12BrNOS. The zero-order chi connectivity index (χ0) is 8.97. The molecule has 0 aliphatic rings. The Morgan fingerprint density at radius 1 is 1.67 bits per heavy atom. The van der Waals surface area contributed by atoms with Crippen LogP contribution in [-0.2, 0) is 4.74 Å². The molecule has 68 valence electrons. The first kappa shape index (κ1) is 10.2. The molecule has 4 heteroatoms. The van der Waals surface area contributed by atoms with Gasteiger partial charge in [0.1, 0.15) is 6.10 Å². The van der Waals surface area contributed by atoms with Gasteiger partial charge in [-0.2, -0.15) is 0 Å². The third-order valence-electron chi connectivity index (χ3n) is 1.59. The monoisotopic (exact) mass is 249 g/mol. The minimum atomic E-state index is 0.172. The number of rotatable bonds is 4. The number of thiophene rings is 1. The summed E-state index contributed by atoms with van der Waals surface area (Å²) < 4.78 is 6.47. The average Bonchev–Trinajstić information content (AvgIpc) is 2.47. The molecule has 0 saturated carbocycles. The van der Waals surface area contributed by atoms with Crippen LogP contribution in [-0.4, -0.2) is 20.7 Å². The molecule has 12 heavy (non-hydrogen) atoms. The van der Waals surface area contributed by atoms with Crippen LogP contribution >= 0.6 is 27.3 Å². The molecule has 1 unspecified atom stereocenters. The Morgan fingerprint density at radius 2 is 2.42 bits per heavy atom. The Labute approximate surface area is 85.1 Å². The van der Waals surface area contributed by atoms with Gasteiger partial charge in [-0.15, -0.1) is 11.3 Å². The molecule has 1 aromatic heterocycles. The van der Waals surface area contributed by atoms with Gasteiger partial charge < -0.3 is 10.1 Å². The van der Waals surface area contributed by atoms with Crippen molar-refractivity contribution < 1.29 is 4.74 Å². The van der Waals surface area contributed by atoms with Crippen molar-refractivity contribution in [2.75, 3.05) is 20.7 Å². The lowest BCUT2D eigenvalue weighted by Crippen LogP contribution is -2.17. The van der Waals surface area contributed by atoms with Crippen molar-refractivity contribution in [3.8, 4) is 0 Å². The van der Waals surface area contributed by atoms with E-state index in [4.69, 9.17) is 4.74 Å². The van der Waals surface area contributed by atoms with E-state index >= 15 is 0 Å². The summed E-state index contributed by atoms with van der Waals surface area (Å²) in [4.78, 5) is 1.25. The lowest BCUT2D eigenvalue weighted by molar-refractivity contribution is 0.107. The summed E-state index contributed by atoms with van der Waals surface area (Å²) in [6, 6.07) is 4.13. The lowest BCUT2D eigenvalue weighted by atomic mass is 10.3. The fourth-order valence-corrected chi connectivity index (χ4v) is 2.49. The minimum Gasteiger partial charge on any atom is -0.375 e. The van der Waals surface area contributed by atoms with Gasteiger partial charge in [-0.25, -0.2) is 0 Å². The summed E-state index contributed by atoms with van der Waals surface area (Å²) >= 11 is 5.14. The quantitative estimate of drug-likeness (QED) is 0.886. The van der Waals surface area contributed by atoms with Crippen molar-refractivity contribution in [1.29, 1.82) is 0 Å². The Balaban J connectivity index is 2.66. The van der Waals surface area contributed by atoms with Crippen LogP contribution in [0.2, 0.25) is 0 Å². The predicted molar refractivity (Wildman–Crippen MR) is 55.7 cm³/mol. The average molecular weight is 250 g/mol. The molecule has 0 aliphatic heterocycles. The minimum absolute atomic E-state index is 0.172. The normalized spacial score (nSPS) is 13.2. The highest BCUT2D eigenvalue weighted by Crippen LogP contribution is 2.28. The lowest BCUT2D eigenvalue weighted by Gasteiger charge is -2.11. The zero-order valence-corrected chi connectivity index (χ0v) is 9.54. The van der Waals surface area contributed by atoms with E-state index in [1.54, 1.807) is 18.4 Å². The van der Waals surface area contributed by atoms with Crippen molar-refractivity contribution in [3.05, 3.63) is 20.8 Å². The number of likely N-dealkylation sites (N-methyl/N-ethyl adjacent to an activating group) is 1. The van der Waals surface area contributed by atoms with E-state index in [2.05, 4.69) is 27.3 Å². The van der Waals surface area contributed by atoms with Gasteiger partial charge in [-0.3, -0.25) is 0 Å². The molecule has 0 radical (unpaired) electrons. The Morgan fingerprint density at radius 3 is 2.83 bits per heavy atom. The molecule has 0 saturated heterocycles. The first-order valence-electron chi connectivity index (χ1n) is 3.70. The number of ether oxygens (including phenoxy) is 1. The van der Waals surface area contributed by atoms with Crippen LogP contribution in [0.4, 0.5) is 0 Å². The standard InChI is InChI=1S/C8H12BrNOS/c1-10-5-6(11-2)7-3-4-8(9)12-7/h3-4,6,10H,5H2,1-2H3. The molecule has 1 N–H and O–H groups in total. The summed E-state index contributed by atoms with van der Waals surface area (Å²) in [6.07, 6.45) is 0.172. The molecular weight excluding hydrogens is 238 g/mol. The van der Waals surface area contributed by atoms with Gasteiger partial charge in [0.25, 0.3) is 0 Å². The Hall–Kier alpha value is 0.1000. The van der Waals surface area contributed by atoms with Gasteiger partial charge in [0.2, 0.25) is 0 Å². The Bertz CT molecular complexity index is 239. The molecule has 0 spiro atoms. The van der Waals surface area contributed by atoms with Gasteiger partial charge in [0.05, 0.1) is 3.79 Å². The summed E-state index contributed by atoms with van der Waals surface area (Å²) in [7, 11) is 3.66. The number of halogens is 1. The third-order valence-corrected chi connectivity index (χ3v) is 3.30. The van der Waals surface area contributed by atoms with Crippen LogP contribution in [0.3, 0.4) is 0 Å². The van der Waals surface area contributed by atoms with Crippen LogP contribution in [0, 0.1) is 0 Å². The van der Waals surface area contributed by atoms with Gasteiger partial charge >= 0.3 is 0 Å². The van der Waals surface area contributed by atoms with Crippen LogP contribution in [0.1, 0.15) is 11.0 Å². The smallest absolute Gasteiger partial charge is 0.104 e. The summed E-state index contributed by atoms with van der Waals surface area (Å²) in [5.74, 6) is 0. The van der Waals surface area contributed by atoms with Crippen molar-refractivity contribution in [1.82, 2.24) is 5.32 Å². The van der Waals surface area contributed by atoms with E-state index in [0.29, 0.717) is 0 Å². The van der Waals surface area contributed by atoms with E-state index in [-0.39, 0.29) is 6.10 Å². The van der Waals surface area contributed by atoms with E-state index in [0.717, 1.165) is 10.3 Å². The molecule has 1 aromatic rings. The van der Waals surface area contributed by atoms with Crippen LogP contribution in [0.5, 0.6) is 0 Å². The first-order chi connectivity index (χ1) is 5.77. The number of hydrogen-bond acceptors (Lipinski definition) is 3. The highest BCUT2D eigenvalue weighted by molar-refractivity contribution is 9.11. The molecule has 1 heterocycles. The fourth-order valence-electron chi connectivity index (χ4n) is 0.987. The van der Waals surface area contributed by atoms with Gasteiger partial charge in [0.15, 0.2) is 0 Å². The molecule has 0 bridgehead atoms. The highest BCUT2D eigenvalue weighted by atomic mass is 79.9. The molecule has 1 atom stereocenters. The topological polar surface area (TPSA) is 21.3 Å². The predicted octanol–water partition coefficient (Wildman–Crippen LogP) is 2.42. The Kier molecular flexibility index (Phi) is 4.21. The summed E-state index contributed by atoms with van der Waals surface area (Å²) in [5.41, 5.74) is 0. The SMILES string of the molecule is CNCC(OC)c1ccc(Br)s1. The van der Waals surface area contributed by atoms with E-state index in [1.807, 2.05) is 13.1 Å². The zero-order valence-electron chi connectivity index (χ0n) is 7.13. The maximum Gasteiger partial charge on any atom is 0.104 e. The summed E-state index contributed by atoms with van der Waals surface area (Å²) in [6.45, 7) is 0.851. The van der Waals surface area contributed by atoms with E-state index < -0.39 is 0 Å². The van der Waals surface area contributed by atoms with E-state index in [1.165, 1.54) is 4.88 Å². The van der Waals surface area contributed by atoms with Crippen molar-refractivity contribution in [2.45, 2.75) is 6.10 Å². The largest absolute Gasteiger partial charge is 0.375 e. The van der Waals surface area contributed by atoms with Crippen molar-refractivity contribution >= 4 is 27.3 Å². The molecule has 2 nitrogen and oxygen atoms in total. The van der Waals surface area contributed by atoms with Crippen molar-refractivity contribution in [3.63, 3.8) is 0 Å². The molecule has 0 aliphatic carbocycles. The second kappa shape index (κ2) is 4.97. The van der Waals surface area contributed by atoms with Crippen LogP contribution in [0.25, 0.3) is 0 Å². The summed E-state index contributed by atoms with van der Waals surface area (Å²) in [5, 5.41) is 3.09. The fraction of sp³-hybridized carbons (Fsp3) is 0.500. The van der Waals surface area contributed by atoms with Gasteiger partial charge in [-0.1, -0.05) is 0 Å². The second-order valence-electron chi connectivity index (χ2n) is 2.42. The van der Waals surface area contributed by atoms with Crippen molar-refractivity contribution in [2.24, 2.45) is 0 Å². The molecule has 0 fully saturated rings. The maximum absolute atomic E-state index is 5.32. The first-order valence-corrected chi connectivity index (χ1v) is 5.31. The third kappa shape index (κ3) is 2.55. The molecule has 0 aromatic carbocycles. The van der Waals surface area contributed by atoms with Gasteiger partial charge in [-0.05, 0) is 35.1 Å². The maximum atomic E-state index is 5.32. The van der Waals surface area contributed by atoms with Crippen LogP contribution in [0.15, 0.2) is 15.9 Å². The second-order valence-corrected chi connectivity index (χ2v) is 4.92. The highest BCUT2D eigenvalue weighted by Gasteiger charge is 2.10. The van der Waals surface area contributed by atoms with E-state index in [9.17, 15) is 0 Å². The molecule has 0 amide bonds. The van der Waals surface area contributed by atoms with Crippen LogP contribution < -0.4 is 5.32 Å².